The number of nitrogens with zero attached hydrogens (tertiary/aromatic N) is 1. The Balaban J connectivity index is 1.63. The number of carbonyl (C=O) groups excluding carboxylic acids is 1. The predicted octanol–water partition coefficient (Wildman–Crippen LogP) is 1.91. The van der Waals surface area contributed by atoms with Crippen molar-refractivity contribution in [3.63, 3.8) is 0 Å². The Morgan fingerprint density at radius 1 is 1.16 bits per heavy atom. The Kier molecular flexibility index (Phi) is 3.25. The van der Waals surface area contributed by atoms with Crippen molar-refractivity contribution in [1.29, 1.82) is 0 Å². The minimum Gasteiger partial charge on any atom is -0.324 e. The van der Waals surface area contributed by atoms with Gasteiger partial charge in [0.25, 0.3) is 0 Å². The molecule has 1 aliphatic rings. The van der Waals surface area contributed by atoms with E-state index in [0.717, 1.165) is 29.9 Å². The van der Waals surface area contributed by atoms with Crippen molar-refractivity contribution in [2.45, 2.75) is 12.5 Å². The zero-order chi connectivity index (χ0) is 13.1. The number of para-hydroxylation sites is 1. The van der Waals surface area contributed by atoms with Crippen molar-refractivity contribution in [1.82, 2.24) is 10.3 Å². The molecule has 1 unspecified atom stereocenters. The van der Waals surface area contributed by atoms with Crippen LogP contribution >= 0.6 is 0 Å². The topological polar surface area (TPSA) is 54.0 Å². The molecule has 0 radical (unpaired) electrons. The molecule has 3 rings (SSSR count). The molecule has 2 aromatic rings. The van der Waals surface area contributed by atoms with Crippen LogP contribution in [0.5, 0.6) is 0 Å². The molecule has 96 valence electrons. The highest BCUT2D eigenvalue weighted by molar-refractivity contribution is 6.02. The number of anilines is 1. The van der Waals surface area contributed by atoms with Crippen LogP contribution in [-0.2, 0) is 11.2 Å². The maximum atomic E-state index is 11.9. The number of hydrogen-bond donors (Lipinski definition) is 2. The van der Waals surface area contributed by atoms with Gasteiger partial charge in [-0.05, 0) is 18.2 Å². The summed E-state index contributed by atoms with van der Waals surface area (Å²) in [6, 6.07) is 13.4. The number of carbonyl (C=O) groups is 1. The van der Waals surface area contributed by atoms with E-state index >= 15 is 0 Å². The van der Waals surface area contributed by atoms with Crippen molar-refractivity contribution in [2.75, 3.05) is 11.9 Å². The maximum Gasteiger partial charge on any atom is 0.246 e. The molecule has 4 nitrogen and oxygen atoms in total. The summed E-state index contributed by atoms with van der Waals surface area (Å²) in [5, 5.41) is 6.16. The van der Waals surface area contributed by atoms with E-state index in [1.165, 1.54) is 0 Å². The molecule has 0 fully saturated rings. The van der Waals surface area contributed by atoms with Gasteiger partial charge in [0.2, 0.25) is 5.91 Å². The Bertz CT molecular complexity index is 583. The molecule has 0 saturated heterocycles. The largest absolute Gasteiger partial charge is 0.324 e. The standard InChI is InChI=1S/C15H15N3O/c19-15-14(12-6-1-2-7-13(12)18-15)17-10-8-11-5-3-4-9-16-11/h1-7,9,14,17H,8,10H2,(H,18,19). The smallest absolute Gasteiger partial charge is 0.246 e. The first kappa shape index (κ1) is 11.9. The second kappa shape index (κ2) is 5.20. The number of benzene rings is 1. The van der Waals surface area contributed by atoms with Crippen molar-refractivity contribution in [3.8, 4) is 0 Å². The lowest BCUT2D eigenvalue weighted by atomic mass is 10.1. The van der Waals surface area contributed by atoms with E-state index in [1.54, 1.807) is 6.20 Å². The van der Waals surface area contributed by atoms with Gasteiger partial charge in [-0.15, -0.1) is 0 Å². The quantitative estimate of drug-likeness (QED) is 0.875. The summed E-state index contributed by atoms with van der Waals surface area (Å²) >= 11 is 0. The van der Waals surface area contributed by atoms with Crippen LogP contribution in [0.3, 0.4) is 0 Å². The number of nitrogens with one attached hydrogen (secondary N) is 2. The molecule has 4 heteroatoms. The summed E-state index contributed by atoms with van der Waals surface area (Å²) in [4.78, 5) is 16.2. The highest BCUT2D eigenvalue weighted by atomic mass is 16.2. The fourth-order valence-corrected chi connectivity index (χ4v) is 2.30. The molecule has 2 heterocycles. The molecule has 0 spiro atoms. The summed E-state index contributed by atoms with van der Waals surface area (Å²) in [6.07, 6.45) is 2.60. The Morgan fingerprint density at radius 2 is 2.00 bits per heavy atom. The van der Waals surface area contributed by atoms with Crippen LogP contribution in [0.2, 0.25) is 0 Å². The van der Waals surface area contributed by atoms with Crippen LogP contribution < -0.4 is 10.6 Å². The van der Waals surface area contributed by atoms with Gasteiger partial charge in [-0.2, -0.15) is 0 Å². The average Bonchev–Trinajstić information content (AvgIpc) is 2.76. The van der Waals surface area contributed by atoms with Gasteiger partial charge >= 0.3 is 0 Å². The molecule has 1 aliphatic heterocycles. The third-order valence-electron chi connectivity index (χ3n) is 3.25. The number of aromatic nitrogens is 1. The van der Waals surface area contributed by atoms with Gasteiger partial charge in [0.15, 0.2) is 0 Å². The van der Waals surface area contributed by atoms with Gasteiger partial charge < -0.3 is 10.6 Å². The van der Waals surface area contributed by atoms with Crippen LogP contribution in [0.15, 0.2) is 48.7 Å². The molecule has 1 atom stereocenters. The normalized spacial score (nSPS) is 17.1. The lowest BCUT2D eigenvalue weighted by molar-refractivity contribution is -0.117. The molecule has 19 heavy (non-hydrogen) atoms. The Labute approximate surface area is 111 Å². The summed E-state index contributed by atoms with van der Waals surface area (Å²) in [6.45, 7) is 0.726. The minimum absolute atomic E-state index is 0.0159. The van der Waals surface area contributed by atoms with Crippen molar-refractivity contribution < 1.29 is 4.79 Å². The maximum absolute atomic E-state index is 11.9. The van der Waals surface area contributed by atoms with E-state index in [2.05, 4.69) is 15.6 Å². The SMILES string of the molecule is O=C1Nc2ccccc2C1NCCc1ccccn1. The van der Waals surface area contributed by atoms with Crippen LogP contribution in [0.4, 0.5) is 5.69 Å². The molecule has 0 saturated carbocycles. The first-order chi connectivity index (χ1) is 9.34. The van der Waals surface area contributed by atoms with Crippen LogP contribution in [-0.4, -0.2) is 17.4 Å². The second-order valence-corrected chi connectivity index (χ2v) is 4.53. The van der Waals surface area contributed by atoms with Crippen molar-refractivity contribution in [2.24, 2.45) is 0 Å². The third kappa shape index (κ3) is 2.48. The first-order valence-electron chi connectivity index (χ1n) is 6.38. The molecule has 1 aromatic carbocycles. The molecule has 1 amide bonds. The van der Waals surface area contributed by atoms with Gasteiger partial charge in [0, 0.05) is 36.1 Å². The number of rotatable bonds is 4. The third-order valence-corrected chi connectivity index (χ3v) is 3.25. The van der Waals surface area contributed by atoms with Gasteiger partial charge in [-0.3, -0.25) is 9.78 Å². The lowest BCUT2D eigenvalue weighted by Gasteiger charge is -2.10. The summed E-state index contributed by atoms with van der Waals surface area (Å²) in [5.74, 6) is 0.0159. The van der Waals surface area contributed by atoms with E-state index < -0.39 is 0 Å². The molecule has 0 aliphatic carbocycles. The average molecular weight is 253 g/mol. The van der Waals surface area contributed by atoms with Gasteiger partial charge in [-0.25, -0.2) is 0 Å². The molecule has 2 N–H and O–H groups in total. The molecular formula is C15H15N3O. The second-order valence-electron chi connectivity index (χ2n) is 4.53. The fraction of sp³-hybridized carbons (Fsp3) is 0.200. The van der Waals surface area contributed by atoms with Gasteiger partial charge in [0.05, 0.1) is 0 Å². The van der Waals surface area contributed by atoms with E-state index in [9.17, 15) is 4.79 Å². The van der Waals surface area contributed by atoms with E-state index in [1.807, 2.05) is 42.5 Å². The van der Waals surface area contributed by atoms with E-state index in [0.29, 0.717) is 0 Å². The van der Waals surface area contributed by atoms with Crippen LogP contribution in [0, 0.1) is 0 Å². The first-order valence-corrected chi connectivity index (χ1v) is 6.38. The number of fused-ring (bicyclic) bond motifs is 1. The van der Waals surface area contributed by atoms with Crippen LogP contribution in [0.25, 0.3) is 0 Å². The Morgan fingerprint density at radius 3 is 2.84 bits per heavy atom. The summed E-state index contributed by atoms with van der Waals surface area (Å²) < 4.78 is 0. The van der Waals surface area contributed by atoms with Gasteiger partial charge in [-0.1, -0.05) is 24.3 Å². The van der Waals surface area contributed by atoms with Gasteiger partial charge in [0.1, 0.15) is 6.04 Å². The fourth-order valence-electron chi connectivity index (χ4n) is 2.30. The van der Waals surface area contributed by atoms with Crippen LogP contribution in [0.1, 0.15) is 17.3 Å². The molecule has 1 aromatic heterocycles. The van der Waals surface area contributed by atoms with E-state index in [-0.39, 0.29) is 11.9 Å². The number of amides is 1. The zero-order valence-electron chi connectivity index (χ0n) is 10.5. The monoisotopic (exact) mass is 253 g/mol. The Hall–Kier alpha value is -2.20. The lowest BCUT2D eigenvalue weighted by Crippen LogP contribution is -2.29. The zero-order valence-corrected chi connectivity index (χ0v) is 10.5. The van der Waals surface area contributed by atoms with Crippen molar-refractivity contribution in [3.05, 3.63) is 59.9 Å². The highest BCUT2D eigenvalue weighted by Crippen LogP contribution is 2.29. The molecule has 0 bridgehead atoms. The predicted molar refractivity (Wildman–Crippen MR) is 73.8 cm³/mol. The molecular weight excluding hydrogens is 238 g/mol. The summed E-state index contributed by atoms with van der Waals surface area (Å²) in [7, 11) is 0. The minimum atomic E-state index is -0.250. The number of hydrogen-bond acceptors (Lipinski definition) is 3. The van der Waals surface area contributed by atoms with E-state index in [4.69, 9.17) is 0 Å². The summed E-state index contributed by atoms with van der Waals surface area (Å²) in [5.41, 5.74) is 2.96. The van der Waals surface area contributed by atoms with Crippen molar-refractivity contribution >= 4 is 11.6 Å². The highest BCUT2D eigenvalue weighted by Gasteiger charge is 2.29. The number of pyridine rings is 1.